The summed E-state index contributed by atoms with van der Waals surface area (Å²) >= 11 is 0. The molecular formula is C22H24N4O2. The number of nitrogens with zero attached hydrogens (tertiary/aromatic N) is 2. The lowest BCUT2D eigenvalue weighted by Gasteiger charge is -2.17. The van der Waals surface area contributed by atoms with Gasteiger partial charge in [0.25, 0.3) is 0 Å². The van der Waals surface area contributed by atoms with Gasteiger partial charge in [-0.2, -0.15) is 0 Å². The quantitative estimate of drug-likeness (QED) is 0.500. The van der Waals surface area contributed by atoms with E-state index < -0.39 is 0 Å². The summed E-state index contributed by atoms with van der Waals surface area (Å²) in [5.41, 5.74) is 3.35. The highest BCUT2D eigenvalue weighted by atomic mass is 16.5. The van der Waals surface area contributed by atoms with E-state index in [1.807, 2.05) is 13.0 Å². The zero-order valence-corrected chi connectivity index (χ0v) is 16.3. The fourth-order valence-electron chi connectivity index (χ4n) is 3.68. The van der Waals surface area contributed by atoms with Crippen molar-refractivity contribution in [3.05, 3.63) is 54.3 Å². The first-order valence-electron chi connectivity index (χ1n) is 9.62. The van der Waals surface area contributed by atoms with Crippen LogP contribution in [0, 0.1) is 6.92 Å². The number of hydrogen-bond acceptors (Lipinski definition) is 4. The van der Waals surface area contributed by atoms with Crippen molar-refractivity contribution < 1.29 is 9.32 Å². The number of fused-ring (bicyclic) bond motifs is 3. The van der Waals surface area contributed by atoms with Crippen LogP contribution < -0.4 is 10.6 Å². The molecule has 4 aromatic rings. The molecule has 144 valence electrons. The Labute approximate surface area is 163 Å². The summed E-state index contributed by atoms with van der Waals surface area (Å²) in [4.78, 5) is 12.6. The zero-order valence-electron chi connectivity index (χ0n) is 16.3. The molecule has 0 saturated carbocycles. The Morgan fingerprint density at radius 3 is 2.61 bits per heavy atom. The highest BCUT2D eigenvalue weighted by Gasteiger charge is 2.18. The topological polar surface area (TPSA) is 72.1 Å². The van der Waals surface area contributed by atoms with E-state index >= 15 is 0 Å². The highest BCUT2D eigenvalue weighted by molar-refractivity contribution is 6.09. The number of anilines is 2. The van der Waals surface area contributed by atoms with E-state index in [0.717, 1.165) is 12.2 Å². The molecule has 1 amide bonds. The Kier molecular flexibility index (Phi) is 4.77. The maximum atomic E-state index is 12.6. The third-order valence-electron chi connectivity index (χ3n) is 5.03. The van der Waals surface area contributed by atoms with E-state index in [2.05, 4.69) is 63.7 Å². The van der Waals surface area contributed by atoms with E-state index in [-0.39, 0.29) is 11.9 Å². The van der Waals surface area contributed by atoms with Crippen LogP contribution in [0.25, 0.3) is 21.8 Å². The molecule has 2 aromatic heterocycles. The molecule has 2 N–H and O–H groups in total. The van der Waals surface area contributed by atoms with Crippen molar-refractivity contribution in [3.63, 3.8) is 0 Å². The molecular weight excluding hydrogens is 352 g/mol. The van der Waals surface area contributed by atoms with Crippen molar-refractivity contribution in [2.45, 2.75) is 39.8 Å². The molecule has 0 aliphatic heterocycles. The number of aryl methyl sites for hydroxylation is 2. The van der Waals surface area contributed by atoms with E-state index in [1.165, 1.54) is 21.8 Å². The van der Waals surface area contributed by atoms with Crippen LogP contribution in [-0.4, -0.2) is 21.7 Å². The molecule has 0 aliphatic carbocycles. The molecule has 0 unspecified atom stereocenters. The summed E-state index contributed by atoms with van der Waals surface area (Å²) in [6.07, 6.45) is 0.650. The monoisotopic (exact) mass is 376 g/mol. The van der Waals surface area contributed by atoms with Crippen molar-refractivity contribution >= 4 is 39.2 Å². The fourth-order valence-corrected chi connectivity index (χ4v) is 3.68. The number of amides is 1. The molecule has 6 heteroatoms. The van der Waals surface area contributed by atoms with Crippen molar-refractivity contribution in [1.82, 2.24) is 9.72 Å². The van der Waals surface area contributed by atoms with Crippen molar-refractivity contribution in [2.75, 3.05) is 10.6 Å². The smallest absolute Gasteiger partial charge is 0.248 e. The summed E-state index contributed by atoms with van der Waals surface area (Å²) in [6, 6.07) is 16.0. The zero-order chi connectivity index (χ0) is 19.7. The van der Waals surface area contributed by atoms with Crippen molar-refractivity contribution in [2.24, 2.45) is 0 Å². The first-order chi connectivity index (χ1) is 13.6. The second-order valence-electron chi connectivity index (χ2n) is 6.91. The lowest BCUT2D eigenvalue weighted by molar-refractivity contribution is -0.117. The summed E-state index contributed by atoms with van der Waals surface area (Å²) in [6.45, 7) is 6.84. The third kappa shape index (κ3) is 3.22. The average Bonchev–Trinajstić information content (AvgIpc) is 3.26. The third-order valence-corrected chi connectivity index (χ3v) is 5.03. The minimum absolute atomic E-state index is 0.133. The van der Waals surface area contributed by atoms with Crippen LogP contribution in [0.2, 0.25) is 0 Å². The molecule has 6 nitrogen and oxygen atoms in total. The van der Waals surface area contributed by atoms with Gasteiger partial charge in [-0.15, -0.1) is 0 Å². The van der Waals surface area contributed by atoms with Gasteiger partial charge >= 0.3 is 0 Å². The van der Waals surface area contributed by atoms with Crippen molar-refractivity contribution in [1.29, 1.82) is 0 Å². The number of benzene rings is 2. The van der Waals surface area contributed by atoms with Gasteiger partial charge in [0.15, 0.2) is 5.82 Å². The number of para-hydroxylation sites is 1. The van der Waals surface area contributed by atoms with Crippen LogP contribution >= 0.6 is 0 Å². The highest BCUT2D eigenvalue weighted by Crippen LogP contribution is 2.31. The standard InChI is InChI=1S/C22H24N4O2/c1-4-18(22(27)24-21-12-14(3)28-25-21)23-15-10-11-20-17(13-15)16-8-6-7-9-19(16)26(20)5-2/h6-13,18,23H,4-5H2,1-3H3,(H,24,25,27)/t18-/m0/s1. The largest absolute Gasteiger partial charge is 0.374 e. The number of aromatic nitrogens is 2. The number of nitrogens with one attached hydrogen (secondary N) is 2. The molecule has 0 radical (unpaired) electrons. The fraction of sp³-hybridized carbons (Fsp3) is 0.273. The Balaban J connectivity index is 1.63. The van der Waals surface area contributed by atoms with Crippen LogP contribution in [0.15, 0.2) is 53.1 Å². The van der Waals surface area contributed by atoms with Gasteiger partial charge in [0.1, 0.15) is 11.8 Å². The lowest BCUT2D eigenvalue weighted by Crippen LogP contribution is -2.34. The molecule has 0 aliphatic rings. The Morgan fingerprint density at radius 1 is 1.11 bits per heavy atom. The predicted molar refractivity (Wildman–Crippen MR) is 113 cm³/mol. The Morgan fingerprint density at radius 2 is 1.89 bits per heavy atom. The lowest BCUT2D eigenvalue weighted by atomic mass is 10.1. The molecule has 0 saturated heterocycles. The summed E-state index contributed by atoms with van der Waals surface area (Å²) in [5, 5.41) is 12.4. The molecule has 4 rings (SSSR count). The van der Waals surface area contributed by atoms with Crippen LogP contribution in [0.4, 0.5) is 11.5 Å². The minimum Gasteiger partial charge on any atom is -0.374 e. The molecule has 0 fully saturated rings. The minimum atomic E-state index is -0.367. The maximum Gasteiger partial charge on any atom is 0.248 e. The van der Waals surface area contributed by atoms with E-state index in [1.54, 1.807) is 13.0 Å². The van der Waals surface area contributed by atoms with Gasteiger partial charge < -0.3 is 19.7 Å². The van der Waals surface area contributed by atoms with E-state index in [0.29, 0.717) is 18.0 Å². The first kappa shape index (κ1) is 18.1. The second-order valence-corrected chi connectivity index (χ2v) is 6.91. The Hall–Kier alpha value is -3.28. The van der Waals surface area contributed by atoms with Gasteiger partial charge in [0.05, 0.1) is 0 Å². The van der Waals surface area contributed by atoms with Gasteiger partial charge in [-0.05, 0) is 44.5 Å². The van der Waals surface area contributed by atoms with Gasteiger partial charge in [0, 0.05) is 40.1 Å². The summed E-state index contributed by atoms with van der Waals surface area (Å²) in [7, 11) is 0. The molecule has 2 aromatic carbocycles. The number of rotatable bonds is 6. The molecule has 0 spiro atoms. The SMILES string of the molecule is CC[C@H](Nc1ccc2c(c1)c1ccccc1n2CC)C(=O)Nc1cc(C)on1. The maximum absolute atomic E-state index is 12.6. The van der Waals surface area contributed by atoms with Crippen LogP contribution in [0.1, 0.15) is 26.0 Å². The van der Waals surface area contributed by atoms with Gasteiger partial charge in [0.2, 0.25) is 5.91 Å². The molecule has 0 bridgehead atoms. The van der Waals surface area contributed by atoms with E-state index in [9.17, 15) is 4.79 Å². The summed E-state index contributed by atoms with van der Waals surface area (Å²) in [5.74, 6) is 0.963. The van der Waals surface area contributed by atoms with Crippen LogP contribution in [-0.2, 0) is 11.3 Å². The van der Waals surface area contributed by atoms with Crippen LogP contribution in [0.3, 0.4) is 0 Å². The first-order valence-corrected chi connectivity index (χ1v) is 9.62. The second kappa shape index (κ2) is 7.38. The Bertz CT molecular complexity index is 1140. The molecule has 2 heterocycles. The molecule has 28 heavy (non-hydrogen) atoms. The van der Waals surface area contributed by atoms with Crippen LogP contribution in [0.5, 0.6) is 0 Å². The normalized spacial score (nSPS) is 12.4. The van der Waals surface area contributed by atoms with Crippen molar-refractivity contribution in [3.8, 4) is 0 Å². The number of carbonyl (C=O) groups is 1. The average molecular weight is 376 g/mol. The van der Waals surface area contributed by atoms with Gasteiger partial charge in [-0.1, -0.05) is 30.3 Å². The molecule has 1 atom stereocenters. The van der Waals surface area contributed by atoms with E-state index in [4.69, 9.17) is 4.52 Å². The number of carbonyl (C=O) groups excluding carboxylic acids is 1. The number of hydrogen-bond donors (Lipinski definition) is 2. The van der Waals surface area contributed by atoms with Gasteiger partial charge in [-0.25, -0.2) is 0 Å². The van der Waals surface area contributed by atoms with Gasteiger partial charge in [-0.3, -0.25) is 4.79 Å². The summed E-state index contributed by atoms with van der Waals surface area (Å²) < 4.78 is 7.32. The predicted octanol–water partition coefficient (Wildman–Crippen LogP) is 4.94.